The monoisotopic (exact) mass is 295 g/mol. The van der Waals surface area contributed by atoms with E-state index >= 15 is 0 Å². The summed E-state index contributed by atoms with van der Waals surface area (Å²) in [5.41, 5.74) is 2.28. The fraction of sp³-hybridized carbons (Fsp3) is 0.211. The molecule has 0 aliphatic rings. The number of benzene rings is 2. The summed E-state index contributed by atoms with van der Waals surface area (Å²) in [6.07, 6.45) is 1.26. The standard InChI is InChI=1S/C19H21NO2/c1-3-13-22-18-11-9-17(10-12-18)20-15(2)14-19(21)16-7-5-4-6-8-16/h4-12,20H,2-3,13-14H2,1H3. The number of rotatable bonds is 8. The van der Waals surface area contributed by atoms with E-state index in [1.54, 1.807) is 0 Å². The van der Waals surface area contributed by atoms with Gasteiger partial charge in [0.25, 0.3) is 0 Å². The molecule has 0 fully saturated rings. The van der Waals surface area contributed by atoms with Crippen LogP contribution in [-0.4, -0.2) is 12.4 Å². The third kappa shape index (κ3) is 4.77. The highest BCUT2D eigenvalue weighted by Crippen LogP contribution is 2.18. The predicted molar refractivity (Wildman–Crippen MR) is 90.4 cm³/mol. The largest absolute Gasteiger partial charge is 0.494 e. The number of carbonyl (C=O) groups excluding carboxylic acids is 1. The van der Waals surface area contributed by atoms with Crippen LogP contribution in [0, 0.1) is 0 Å². The lowest BCUT2D eigenvalue weighted by Gasteiger charge is -2.10. The number of hydrogen-bond acceptors (Lipinski definition) is 3. The summed E-state index contributed by atoms with van der Waals surface area (Å²) in [4.78, 5) is 12.1. The van der Waals surface area contributed by atoms with Crippen LogP contribution in [0.25, 0.3) is 0 Å². The lowest BCUT2D eigenvalue weighted by atomic mass is 10.1. The molecule has 0 aromatic heterocycles. The number of hydrogen-bond donors (Lipinski definition) is 1. The maximum absolute atomic E-state index is 12.1. The molecule has 0 aliphatic heterocycles. The van der Waals surface area contributed by atoms with Gasteiger partial charge in [-0.1, -0.05) is 43.8 Å². The van der Waals surface area contributed by atoms with E-state index in [0.717, 1.165) is 17.9 Å². The van der Waals surface area contributed by atoms with Gasteiger partial charge in [0.05, 0.1) is 13.0 Å². The zero-order chi connectivity index (χ0) is 15.8. The van der Waals surface area contributed by atoms with Gasteiger partial charge < -0.3 is 10.1 Å². The van der Waals surface area contributed by atoms with Gasteiger partial charge in [0, 0.05) is 16.9 Å². The van der Waals surface area contributed by atoms with E-state index in [1.165, 1.54) is 0 Å². The summed E-state index contributed by atoms with van der Waals surface area (Å²) in [5.74, 6) is 0.902. The van der Waals surface area contributed by atoms with Crippen molar-refractivity contribution < 1.29 is 9.53 Å². The number of carbonyl (C=O) groups is 1. The van der Waals surface area contributed by atoms with Crippen molar-refractivity contribution in [2.75, 3.05) is 11.9 Å². The second-order valence-electron chi connectivity index (χ2n) is 5.07. The normalized spacial score (nSPS) is 10.0. The molecule has 2 rings (SSSR count). The van der Waals surface area contributed by atoms with Crippen LogP contribution in [0.5, 0.6) is 5.75 Å². The molecule has 0 spiro atoms. The third-order valence-corrected chi connectivity index (χ3v) is 3.12. The smallest absolute Gasteiger partial charge is 0.168 e. The minimum absolute atomic E-state index is 0.0565. The number of anilines is 1. The van der Waals surface area contributed by atoms with Crippen molar-refractivity contribution in [3.8, 4) is 5.75 Å². The number of allylic oxidation sites excluding steroid dienone is 1. The van der Waals surface area contributed by atoms with Gasteiger partial charge in [-0.3, -0.25) is 4.79 Å². The van der Waals surface area contributed by atoms with Crippen LogP contribution < -0.4 is 10.1 Å². The Morgan fingerprint density at radius 3 is 2.41 bits per heavy atom. The second-order valence-corrected chi connectivity index (χ2v) is 5.07. The Balaban J connectivity index is 1.88. The Morgan fingerprint density at radius 1 is 1.09 bits per heavy atom. The number of ether oxygens (including phenoxy) is 1. The van der Waals surface area contributed by atoms with E-state index in [1.807, 2.05) is 54.6 Å². The van der Waals surface area contributed by atoms with Crippen molar-refractivity contribution in [1.82, 2.24) is 0 Å². The molecule has 3 heteroatoms. The molecular weight excluding hydrogens is 274 g/mol. The van der Waals surface area contributed by atoms with E-state index in [9.17, 15) is 4.79 Å². The molecule has 0 unspecified atom stereocenters. The van der Waals surface area contributed by atoms with Gasteiger partial charge in [0.1, 0.15) is 5.75 Å². The zero-order valence-corrected chi connectivity index (χ0v) is 12.8. The Labute approximate surface area is 131 Å². The van der Waals surface area contributed by atoms with E-state index in [4.69, 9.17) is 4.74 Å². The van der Waals surface area contributed by atoms with E-state index < -0.39 is 0 Å². The van der Waals surface area contributed by atoms with Crippen LogP contribution in [0.1, 0.15) is 30.1 Å². The van der Waals surface area contributed by atoms with Gasteiger partial charge in [-0.25, -0.2) is 0 Å². The van der Waals surface area contributed by atoms with Crippen molar-refractivity contribution in [2.24, 2.45) is 0 Å². The van der Waals surface area contributed by atoms with Crippen molar-refractivity contribution >= 4 is 11.5 Å². The lowest BCUT2D eigenvalue weighted by molar-refractivity contribution is 0.0993. The summed E-state index contributed by atoms with van der Waals surface area (Å²) >= 11 is 0. The van der Waals surface area contributed by atoms with Crippen molar-refractivity contribution in [1.29, 1.82) is 0 Å². The molecule has 22 heavy (non-hydrogen) atoms. The van der Waals surface area contributed by atoms with Gasteiger partial charge in [-0.05, 0) is 30.7 Å². The molecule has 0 heterocycles. The van der Waals surface area contributed by atoms with Crippen molar-refractivity contribution in [2.45, 2.75) is 19.8 Å². The lowest BCUT2D eigenvalue weighted by Crippen LogP contribution is -2.06. The Hall–Kier alpha value is -2.55. The van der Waals surface area contributed by atoms with Crippen LogP contribution in [0.15, 0.2) is 66.9 Å². The predicted octanol–water partition coefficient (Wildman–Crippen LogP) is 4.67. The minimum atomic E-state index is 0.0565. The van der Waals surface area contributed by atoms with E-state index in [-0.39, 0.29) is 12.2 Å². The summed E-state index contributed by atoms with van der Waals surface area (Å²) in [5, 5.41) is 3.16. The zero-order valence-electron chi connectivity index (χ0n) is 12.8. The van der Waals surface area contributed by atoms with Crippen LogP contribution in [-0.2, 0) is 0 Å². The maximum Gasteiger partial charge on any atom is 0.168 e. The first-order valence-electron chi connectivity index (χ1n) is 7.45. The molecule has 1 N–H and O–H groups in total. The average molecular weight is 295 g/mol. The van der Waals surface area contributed by atoms with E-state index in [0.29, 0.717) is 17.9 Å². The fourth-order valence-electron chi connectivity index (χ4n) is 2.02. The number of nitrogens with one attached hydrogen (secondary N) is 1. The molecule has 2 aromatic rings. The highest BCUT2D eigenvalue weighted by Gasteiger charge is 2.07. The molecule has 0 bridgehead atoms. The Kier molecular flexibility index (Phi) is 5.78. The molecule has 114 valence electrons. The molecule has 0 amide bonds. The maximum atomic E-state index is 12.1. The van der Waals surface area contributed by atoms with Crippen molar-refractivity contribution in [3.05, 3.63) is 72.4 Å². The van der Waals surface area contributed by atoms with Crippen LogP contribution in [0.2, 0.25) is 0 Å². The Bertz CT molecular complexity index is 618. The van der Waals surface area contributed by atoms with Crippen LogP contribution in [0.3, 0.4) is 0 Å². The van der Waals surface area contributed by atoms with Gasteiger partial charge >= 0.3 is 0 Å². The summed E-state index contributed by atoms with van der Waals surface area (Å²) in [6, 6.07) is 16.9. The number of ketones is 1. The summed E-state index contributed by atoms with van der Waals surface area (Å²) < 4.78 is 5.53. The van der Waals surface area contributed by atoms with Crippen LogP contribution >= 0.6 is 0 Å². The second kappa shape index (κ2) is 8.03. The molecule has 0 aliphatic carbocycles. The third-order valence-electron chi connectivity index (χ3n) is 3.12. The SMILES string of the molecule is C=C(CC(=O)c1ccccc1)Nc1ccc(OCCC)cc1. The molecule has 0 saturated carbocycles. The fourth-order valence-corrected chi connectivity index (χ4v) is 2.02. The molecule has 0 atom stereocenters. The highest BCUT2D eigenvalue weighted by atomic mass is 16.5. The average Bonchev–Trinajstić information content (AvgIpc) is 2.55. The van der Waals surface area contributed by atoms with Gasteiger partial charge in [0.15, 0.2) is 5.78 Å². The molecule has 0 radical (unpaired) electrons. The quantitative estimate of drug-likeness (QED) is 0.719. The number of Topliss-reactive ketones (excluding diaryl/α,β-unsaturated/α-hetero) is 1. The van der Waals surface area contributed by atoms with Gasteiger partial charge in [-0.15, -0.1) is 0 Å². The Morgan fingerprint density at radius 2 is 1.77 bits per heavy atom. The van der Waals surface area contributed by atoms with E-state index in [2.05, 4.69) is 18.8 Å². The van der Waals surface area contributed by atoms with Gasteiger partial charge in [0.2, 0.25) is 0 Å². The summed E-state index contributed by atoms with van der Waals surface area (Å²) in [6.45, 7) is 6.71. The topological polar surface area (TPSA) is 38.3 Å². The van der Waals surface area contributed by atoms with Crippen LogP contribution in [0.4, 0.5) is 5.69 Å². The highest BCUT2D eigenvalue weighted by molar-refractivity contribution is 5.97. The molecular formula is C19H21NO2. The van der Waals surface area contributed by atoms with Gasteiger partial charge in [-0.2, -0.15) is 0 Å². The molecule has 3 nitrogen and oxygen atoms in total. The first kappa shape index (κ1) is 15.8. The first-order valence-corrected chi connectivity index (χ1v) is 7.45. The molecule has 2 aromatic carbocycles. The first-order chi connectivity index (χ1) is 10.7. The van der Waals surface area contributed by atoms with Crippen molar-refractivity contribution in [3.63, 3.8) is 0 Å². The molecule has 0 saturated heterocycles. The minimum Gasteiger partial charge on any atom is -0.494 e. The summed E-state index contributed by atoms with van der Waals surface area (Å²) in [7, 11) is 0.